The van der Waals surface area contributed by atoms with E-state index in [0.29, 0.717) is 5.56 Å². The molecule has 2 heterocycles. The molecule has 0 saturated carbocycles. The average Bonchev–Trinajstić information content (AvgIpc) is 2.48. The zero-order valence-electron chi connectivity index (χ0n) is 11.6. The fourth-order valence-corrected chi connectivity index (χ4v) is 2.48. The number of ether oxygens (including phenoxy) is 1. The molecule has 0 spiro atoms. The van der Waals surface area contributed by atoms with Crippen molar-refractivity contribution in [3.8, 4) is 11.1 Å². The molecule has 2 aromatic rings. The quantitative estimate of drug-likeness (QED) is 0.865. The second kappa shape index (κ2) is 6.07. The highest BCUT2D eigenvalue weighted by Gasteiger charge is 2.11. The third kappa shape index (κ3) is 3.29. The molecule has 1 aliphatic heterocycles. The molecule has 21 heavy (non-hydrogen) atoms. The molecule has 1 aromatic heterocycles. The number of aromatic amines is 2. The van der Waals surface area contributed by atoms with Crippen molar-refractivity contribution < 1.29 is 4.74 Å². The molecule has 3 rings (SSSR count). The highest BCUT2D eigenvalue weighted by atomic mass is 16.5. The summed E-state index contributed by atoms with van der Waals surface area (Å²) in [5.41, 5.74) is 1.55. The minimum absolute atomic E-state index is 0.373. The van der Waals surface area contributed by atoms with Crippen molar-refractivity contribution in [3.05, 3.63) is 56.9 Å². The van der Waals surface area contributed by atoms with Gasteiger partial charge in [-0.1, -0.05) is 18.2 Å². The van der Waals surface area contributed by atoms with E-state index < -0.39 is 5.69 Å². The Kier molecular flexibility index (Phi) is 3.98. The zero-order chi connectivity index (χ0) is 14.7. The number of aromatic nitrogens is 2. The second-order valence-corrected chi connectivity index (χ2v) is 5.07. The van der Waals surface area contributed by atoms with E-state index in [1.54, 1.807) is 0 Å². The largest absolute Gasteiger partial charge is 0.379 e. The van der Waals surface area contributed by atoms with E-state index in [9.17, 15) is 9.59 Å². The van der Waals surface area contributed by atoms with Crippen molar-refractivity contribution >= 4 is 0 Å². The smallest absolute Gasteiger partial charge is 0.325 e. The highest BCUT2D eigenvalue weighted by molar-refractivity contribution is 5.62. The molecule has 110 valence electrons. The number of nitrogens with zero attached hydrogens (tertiary/aromatic N) is 1. The van der Waals surface area contributed by atoms with E-state index >= 15 is 0 Å². The van der Waals surface area contributed by atoms with Gasteiger partial charge >= 0.3 is 5.69 Å². The maximum Gasteiger partial charge on any atom is 0.325 e. The summed E-state index contributed by atoms with van der Waals surface area (Å²) in [5.74, 6) is 0. The molecule has 0 unspecified atom stereocenters. The van der Waals surface area contributed by atoms with Crippen LogP contribution in [0.4, 0.5) is 0 Å². The number of hydrogen-bond donors (Lipinski definition) is 2. The highest BCUT2D eigenvalue weighted by Crippen LogP contribution is 2.17. The van der Waals surface area contributed by atoms with Gasteiger partial charge in [0, 0.05) is 25.8 Å². The first-order chi connectivity index (χ1) is 10.2. The van der Waals surface area contributed by atoms with Crippen LogP contribution in [0.25, 0.3) is 11.1 Å². The SMILES string of the molecule is O=c1[nH]cc(-c2cccc(CN3CCOCC3)c2)c(=O)[nH]1. The van der Waals surface area contributed by atoms with Crippen LogP contribution in [0.3, 0.4) is 0 Å². The lowest BCUT2D eigenvalue weighted by Crippen LogP contribution is -2.35. The lowest BCUT2D eigenvalue weighted by molar-refractivity contribution is 0.0342. The van der Waals surface area contributed by atoms with Crippen molar-refractivity contribution in [2.75, 3.05) is 26.3 Å². The van der Waals surface area contributed by atoms with Gasteiger partial charge in [-0.2, -0.15) is 0 Å². The fraction of sp³-hybridized carbons (Fsp3) is 0.333. The predicted octanol–water partition coefficient (Wildman–Crippen LogP) is 0.562. The Morgan fingerprint density at radius 2 is 2.00 bits per heavy atom. The summed E-state index contributed by atoms with van der Waals surface area (Å²) in [4.78, 5) is 30.0. The Morgan fingerprint density at radius 3 is 2.76 bits per heavy atom. The van der Waals surface area contributed by atoms with Gasteiger partial charge in [0.15, 0.2) is 0 Å². The third-order valence-electron chi connectivity index (χ3n) is 3.57. The minimum Gasteiger partial charge on any atom is -0.379 e. The van der Waals surface area contributed by atoms with Gasteiger partial charge in [0.1, 0.15) is 0 Å². The predicted molar refractivity (Wildman–Crippen MR) is 79.2 cm³/mol. The molecule has 0 radical (unpaired) electrons. The van der Waals surface area contributed by atoms with Crippen LogP contribution in [0, 0.1) is 0 Å². The first-order valence-corrected chi connectivity index (χ1v) is 6.94. The Morgan fingerprint density at radius 1 is 1.19 bits per heavy atom. The monoisotopic (exact) mass is 287 g/mol. The number of benzene rings is 1. The molecule has 1 saturated heterocycles. The summed E-state index contributed by atoms with van der Waals surface area (Å²) in [7, 11) is 0. The molecule has 1 fully saturated rings. The maximum absolute atomic E-state index is 11.8. The van der Waals surface area contributed by atoms with E-state index in [2.05, 4.69) is 14.9 Å². The lowest BCUT2D eigenvalue weighted by Gasteiger charge is -2.26. The number of hydrogen-bond acceptors (Lipinski definition) is 4. The van der Waals surface area contributed by atoms with Gasteiger partial charge in [-0.15, -0.1) is 0 Å². The molecular weight excluding hydrogens is 270 g/mol. The van der Waals surface area contributed by atoms with Crippen LogP contribution in [-0.2, 0) is 11.3 Å². The van der Waals surface area contributed by atoms with E-state index in [0.717, 1.165) is 44.0 Å². The first kappa shape index (κ1) is 13.8. The van der Waals surface area contributed by atoms with Gasteiger partial charge in [0.2, 0.25) is 0 Å². The summed E-state index contributed by atoms with van der Waals surface area (Å²) >= 11 is 0. The van der Waals surface area contributed by atoms with E-state index in [1.807, 2.05) is 24.3 Å². The second-order valence-electron chi connectivity index (χ2n) is 5.07. The Labute approximate surface area is 121 Å². The number of H-pyrrole nitrogens is 2. The first-order valence-electron chi connectivity index (χ1n) is 6.94. The summed E-state index contributed by atoms with van der Waals surface area (Å²) in [6.07, 6.45) is 1.45. The molecule has 0 bridgehead atoms. The lowest BCUT2D eigenvalue weighted by atomic mass is 10.1. The van der Waals surface area contributed by atoms with E-state index in [4.69, 9.17) is 4.74 Å². The van der Waals surface area contributed by atoms with Gasteiger partial charge in [0.05, 0.1) is 18.8 Å². The van der Waals surface area contributed by atoms with Crippen LogP contribution in [0.2, 0.25) is 0 Å². The number of rotatable bonds is 3. The fourth-order valence-electron chi connectivity index (χ4n) is 2.48. The molecule has 0 atom stereocenters. The molecule has 2 N–H and O–H groups in total. The van der Waals surface area contributed by atoms with Crippen molar-refractivity contribution in [1.29, 1.82) is 0 Å². The van der Waals surface area contributed by atoms with Gasteiger partial charge in [-0.3, -0.25) is 14.7 Å². The average molecular weight is 287 g/mol. The minimum atomic E-state index is -0.492. The van der Waals surface area contributed by atoms with Crippen LogP contribution in [0.15, 0.2) is 40.1 Å². The van der Waals surface area contributed by atoms with Crippen molar-refractivity contribution in [2.24, 2.45) is 0 Å². The normalized spacial score (nSPS) is 16.0. The van der Waals surface area contributed by atoms with Crippen molar-refractivity contribution in [1.82, 2.24) is 14.9 Å². The van der Waals surface area contributed by atoms with Gasteiger partial charge < -0.3 is 9.72 Å². The van der Waals surface area contributed by atoms with Crippen LogP contribution in [0.1, 0.15) is 5.56 Å². The Hall–Kier alpha value is -2.18. The Balaban J connectivity index is 1.85. The van der Waals surface area contributed by atoms with Crippen LogP contribution in [-0.4, -0.2) is 41.2 Å². The van der Waals surface area contributed by atoms with Gasteiger partial charge in [-0.25, -0.2) is 4.79 Å². The summed E-state index contributed by atoms with van der Waals surface area (Å²) in [5, 5.41) is 0. The molecule has 6 heteroatoms. The Bertz CT molecular complexity index is 729. The maximum atomic E-state index is 11.8. The summed E-state index contributed by atoms with van der Waals surface area (Å²) < 4.78 is 5.34. The topological polar surface area (TPSA) is 78.2 Å². The van der Waals surface area contributed by atoms with Crippen LogP contribution in [0.5, 0.6) is 0 Å². The van der Waals surface area contributed by atoms with E-state index in [1.165, 1.54) is 6.20 Å². The molecule has 0 amide bonds. The van der Waals surface area contributed by atoms with Crippen LogP contribution >= 0.6 is 0 Å². The standard InChI is InChI=1S/C15H17N3O3/c19-14-13(9-16-15(20)17-14)12-3-1-2-11(8-12)10-18-4-6-21-7-5-18/h1-3,8-9H,4-7,10H2,(H2,16,17,19,20). The molecule has 0 aliphatic carbocycles. The number of nitrogens with one attached hydrogen (secondary N) is 2. The van der Waals surface area contributed by atoms with E-state index in [-0.39, 0.29) is 5.56 Å². The molecular formula is C15H17N3O3. The van der Waals surface area contributed by atoms with Crippen molar-refractivity contribution in [3.63, 3.8) is 0 Å². The molecule has 1 aliphatic rings. The zero-order valence-corrected chi connectivity index (χ0v) is 11.6. The number of morpholine rings is 1. The third-order valence-corrected chi connectivity index (χ3v) is 3.57. The van der Waals surface area contributed by atoms with Gasteiger partial charge in [-0.05, 0) is 17.2 Å². The molecule has 1 aromatic carbocycles. The van der Waals surface area contributed by atoms with Crippen molar-refractivity contribution in [2.45, 2.75) is 6.54 Å². The van der Waals surface area contributed by atoms with Gasteiger partial charge in [0.25, 0.3) is 5.56 Å². The molecule has 6 nitrogen and oxygen atoms in total. The van der Waals surface area contributed by atoms with Crippen LogP contribution < -0.4 is 11.2 Å². The summed E-state index contributed by atoms with van der Waals surface area (Å²) in [6, 6.07) is 7.82. The summed E-state index contributed by atoms with van der Waals surface area (Å²) in [6.45, 7) is 4.20.